The number of nitrogens with two attached hydrogens (primary N) is 1. The van der Waals surface area contributed by atoms with Crippen LogP contribution in [0.3, 0.4) is 0 Å². The maximum Gasteiger partial charge on any atom is 0.316 e. The minimum Gasteiger partial charge on any atom is -0.351 e. The van der Waals surface area contributed by atoms with Gasteiger partial charge in [-0.2, -0.15) is 0 Å². The van der Waals surface area contributed by atoms with E-state index in [1.54, 1.807) is 6.07 Å². The molecular formula is C26H29Cl2N3O3S. The van der Waals surface area contributed by atoms with Gasteiger partial charge < -0.3 is 16.0 Å². The number of hydrogen-bond donors (Lipinski definition) is 2. The van der Waals surface area contributed by atoms with Crippen molar-refractivity contribution in [3.63, 3.8) is 0 Å². The van der Waals surface area contributed by atoms with Gasteiger partial charge in [-0.15, -0.1) is 0 Å². The van der Waals surface area contributed by atoms with Crippen LogP contribution in [0.25, 0.3) is 0 Å². The number of urea groups is 1. The van der Waals surface area contributed by atoms with E-state index < -0.39 is 15.9 Å². The van der Waals surface area contributed by atoms with Crippen LogP contribution in [0.2, 0.25) is 10.0 Å². The van der Waals surface area contributed by atoms with Gasteiger partial charge in [0.15, 0.2) is 9.84 Å². The summed E-state index contributed by atoms with van der Waals surface area (Å²) in [6.45, 7) is 3.94. The quantitative estimate of drug-likeness (QED) is 0.440. The third kappa shape index (κ3) is 7.45. The summed E-state index contributed by atoms with van der Waals surface area (Å²) in [6.07, 6.45) is 1.87. The number of sulfone groups is 1. The second-order valence-corrected chi connectivity index (χ2v) is 11.2. The molecule has 186 valence electrons. The number of benzene rings is 3. The number of carbonyl (C=O) groups excluding carboxylic acids is 1. The van der Waals surface area contributed by atoms with E-state index in [9.17, 15) is 13.2 Å². The van der Waals surface area contributed by atoms with Crippen molar-refractivity contribution in [2.24, 2.45) is 5.73 Å². The molecule has 0 aromatic heterocycles. The number of primary amides is 1. The van der Waals surface area contributed by atoms with Crippen molar-refractivity contribution in [2.45, 2.75) is 37.0 Å². The van der Waals surface area contributed by atoms with Crippen LogP contribution in [0, 0.1) is 0 Å². The molecular weight excluding hydrogens is 505 g/mol. The molecule has 0 bridgehead atoms. The van der Waals surface area contributed by atoms with Crippen molar-refractivity contribution in [3.8, 4) is 0 Å². The predicted molar refractivity (Wildman–Crippen MR) is 143 cm³/mol. The fraction of sp³-hybridized carbons (Fsp3) is 0.269. The molecule has 0 fully saturated rings. The lowest BCUT2D eigenvalue weighted by Crippen LogP contribution is -2.26. The Balaban J connectivity index is 0.000000287. The van der Waals surface area contributed by atoms with Gasteiger partial charge in [0.25, 0.3) is 0 Å². The average Bonchev–Trinajstić information content (AvgIpc) is 2.81. The number of nitrogens with one attached hydrogen (secondary N) is 1. The van der Waals surface area contributed by atoms with Crippen molar-refractivity contribution in [3.05, 3.63) is 93.0 Å². The standard InChI is InChI=1S/C18H21N3O3S.C8H8Cl2/c1-21-9-8-14-10-13(2-3-15(14)11-21)12-25(23,24)17-6-4-16(5-7-17)20-18(19)22;1-2-6-4-3-5-7(9)8(6)10/h2-7,10H,8-9,11-12H2,1H3,(H3,19,20,22);3-5H,2H2,1H3. The zero-order valence-corrected chi connectivity index (χ0v) is 22.1. The molecule has 0 atom stereocenters. The van der Waals surface area contributed by atoms with E-state index in [1.165, 1.54) is 35.4 Å². The highest BCUT2D eigenvalue weighted by Crippen LogP contribution is 2.26. The first-order valence-corrected chi connectivity index (χ1v) is 13.6. The van der Waals surface area contributed by atoms with Gasteiger partial charge in [-0.05, 0) is 72.5 Å². The van der Waals surface area contributed by atoms with Crippen LogP contribution < -0.4 is 11.1 Å². The first-order valence-electron chi connectivity index (χ1n) is 11.2. The summed E-state index contributed by atoms with van der Waals surface area (Å²) in [5.74, 6) is -0.0429. The number of rotatable bonds is 5. The smallest absolute Gasteiger partial charge is 0.316 e. The molecule has 0 saturated heterocycles. The summed E-state index contributed by atoms with van der Waals surface area (Å²) in [5.41, 5.74) is 9.90. The van der Waals surface area contributed by atoms with E-state index in [0.717, 1.165) is 37.1 Å². The molecule has 3 aromatic carbocycles. The van der Waals surface area contributed by atoms with Crippen LogP contribution in [0.5, 0.6) is 0 Å². The van der Waals surface area contributed by atoms with E-state index in [4.69, 9.17) is 28.9 Å². The zero-order valence-electron chi connectivity index (χ0n) is 19.7. The molecule has 35 heavy (non-hydrogen) atoms. The molecule has 0 aliphatic carbocycles. The highest BCUT2D eigenvalue weighted by Gasteiger charge is 2.18. The predicted octanol–water partition coefficient (Wildman–Crippen LogP) is 5.69. The zero-order chi connectivity index (χ0) is 25.6. The molecule has 9 heteroatoms. The average molecular weight is 535 g/mol. The van der Waals surface area contributed by atoms with Crippen molar-refractivity contribution in [1.29, 1.82) is 0 Å². The number of hydrogen-bond acceptors (Lipinski definition) is 4. The molecule has 6 nitrogen and oxygen atoms in total. The van der Waals surface area contributed by atoms with Crippen LogP contribution in [0.15, 0.2) is 65.6 Å². The number of amides is 2. The first kappa shape index (κ1) is 27.0. The van der Waals surface area contributed by atoms with E-state index in [1.807, 2.05) is 30.3 Å². The number of carbonyl (C=O) groups is 1. The van der Waals surface area contributed by atoms with Gasteiger partial charge in [0.1, 0.15) is 0 Å². The third-order valence-corrected chi connectivity index (χ3v) is 8.29. The van der Waals surface area contributed by atoms with Crippen molar-refractivity contribution >= 4 is 44.8 Å². The molecule has 1 aliphatic rings. The van der Waals surface area contributed by atoms with Gasteiger partial charge in [-0.25, -0.2) is 13.2 Å². The van der Waals surface area contributed by atoms with Crippen LogP contribution in [0.4, 0.5) is 10.5 Å². The molecule has 3 aromatic rings. The summed E-state index contributed by atoms with van der Waals surface area (Å²) < 4.78 is 25.3. The monoisotopic (exact) mass is 533 g/mol. The van der Waals surface area contributed by atoms with Gasteiger partial charge in [-0.1, -0.05) is 60.5 Å². The molecule has 1 aliphatic heterocycles. The highest BCUT2D eigenvalue weighted by molar-refractivity contribution is 7.90. The van der Waals surface area contributed by atoms with Gasteiger partial charge in [0, 0.05) is 18.8 Å². The van der Waals surface area contributed by atoms with Gasteiger partial charge in [0.2, 0.25) is 0 Å². The summed E-state index contributed by atoms with van der Waals surface area (Å²) in [7, 11) is -1.37. The van der Waals surface area contributed by atoms with Crippen molar-refractivity contribution in [1.82, 2.24) is 4.90 Å². The first-order chi connectivity index (χ1) is 16.6. The van der Waals surface area contributed by atoms with Crippen molar-refractivity contribution < 1.29 is 13.2 Å². The van der Waals surface area contributed by atoms with Gasteiger partial charge in [-0.3, -0.25) is 0 Å². The minimum atomic E-state index is -3.45. The van der Waals surface area contributed by atoms with E-state index >= 15 is 0 Å². The fourth-order valence-corrected chi connectivity index (χ4v) is 5.64. The van der Waals surface area contributed by atoms with Crippen LogP contribution in [-0.4, -0.2) is 32.9 Å². The number of fused-ring (bicyclic) bond motifs is 1. The van der Waals surface area contributed by atoms with E-state index in [2.05, 4.69) is 24.2 Å². The lowest BCUT2D eigenvalue weighted by Gasteiger charge is -2.25. The van der Waals surface area contributed by atoms with E-state index in [-0.39, 0.29) is 10.6 Å². The molecule has 0 radical (unpaired) electrons. The minimum absolute atomic E-state index is 0.0429. The van der Waals surface area contributed by atoms with Crippen LogP contribution in [-0.2, 0) is 35.0 Å². The van der Waals surface area contributed by atoms with Gasteiger partial charge >= 0.3 is 6.03 Å². The lowest BCUT2D eigenvalue weighted by atomic mass is 9.98. The Bertz CT molecular complexity index is 1300. The molecule has 0 spiro atoms. The third-order valence-electron chi connectivity index (χ3n) is 5.72. The molecule has 0 unspecified atom stereocenters. The second-order valence-electron chi connectivity index (χ2n) is 8.43. The Morgan fingerprint density at radius 1 is 1.06 bits per heavy atom. The topological polar surface area (TPSA) is 92.5 Å². The Morgan fingerprint density at radius 2 is 1.77 bits per heavy atom. The SMILES string of the molecule is CCc1cccc(Cl)c1Cl.CN1CCc2cc(CS(=O)(=O)c3ccc(NC(N)=O)cc3)ccc2C1. The summed E-state index contributed by atoms with van der Waals surface area (Å²) in [4.78, 5) is 13.3. The summed E-state index contributed by atoms with van der Waals surface area (Å²) in [6, 6.07) is 16.9. The number of likely N-dealkylation sites (N-methyl/N-ethyl adjacent to an activating group) is 1. The lowest BCUT2D eigenvalue weighted by molar-refractivity contribution is 0.259. The Labute approximate surface area is 217 Å². The molecule has 2 amide bonds. The maximum atomic E-state index is 12.6. The number of nitrogens with zero attached hydrogens (tertiary/aromatic N) is 1. The Morgan fingerprint density at radius 3 is 2.40 bits per heavy atom. The summed E-state index contributed by atoms with van der Waals surface area (Å²) >= 11 is 11.6. The van der Waals surface area contributed by atoms with Crippen molar-refractivity contribution in [2.75, 3.05) is 18.9 Å². The fourth-order valence-electron chi connectivity index (χ4n) is 3.85. The van der Waals surface area contributed by atoms with E-state index in [0.29, 0.717) is 15.7 Å². The molecule has 1 heterocycles. The normalized spacial score (nSPS) is 13.4. The summed E-state index contributed by atoms with van der Waals surface area (Å²) in [5, 5.41) is 3.74. The second kappa shape index (κ2) is 11.9. The number of aryl methyl sites for hydroxylation is 1. The van der Waals surface area contributed by atoms with Crippen LogP contribution >= 0.6 is 23.2 Å². The number of anilines is 1. The largest absolute Gasteiger partial charge is 0.351 e. The van der Waals surface area contributed by atoms with Crippen LogP contribution in [0.1, 0.15) is 29.2 Å². The molecule has 3 N–H and O–H groups in total. The highest BCUT2D eigenvalue weighted by atomic mass is 35.5. The molecule has 4 rings (SSSR count). The van der Waals surface area contributed by atoms with Gasteiger partial charge in [0.05, 0.1) is 20.7 Å². The number of halogens is 2. The Kier molecular flexibility index (Phi) is 9.19. The molecule has 0 saturated carbocycles. The Hall–Kier alpha value is -2.58. The maximum absolute atomic E-state index is 12.6.